The fourth-order valence-corrected chi connectivity index (χ4v) is 2.29. The molecule has 0 fully saturated rings. The molecule has 1 aromatic heterocycles. The Hall–Kier alpha value is -1.32. The number of fused-ring (bicyclic) bond motifs is 1. The minimum Gasteiger partial charge on any atom is -0.469 e. The lowest BCUT2D eigenvalue weighted by Crippen LogP contribution is -2.28. The van der Waals surface area contributed by atoms with Crippen molar-refractivity contribution in [3.8, 4) is 0 Å². The van der Waals surface area contributed by atoms with Crippen LogP contribution in [-0.2, 0) is 22.5 Å². The third kappa shape index (κ3) is 1.84. The molecule has 1 aromatic rings. The zero-order chi connectivity index (χ0) is 11.7. The zero-order valence-electron chi connectivity index (χ0n) is 10.1. The van der Waals surface area contributed by atoms with E-state index in [0.29, 0.717) is 5.92 Å². The number of nitrogens with zero attached hydrogens (tertiary/aromatic N) is 2. The minimum atomic E-state index is -0.103. The van der Waals surface area contributed by atoms with Gasteiger partial charge in [-0.15, -0.1) is 0 Å². The van der Waals surface area contributed by atoms with Gasteiger partial charge in [0.25, 0.3) is 0 Å². The summed E-state index contributed by atoms with van der Waals surface area (Å²) in [6.45, 7) is 4.96. The van der Waals surface area contributed by atoms with Crippen LogP contribution in [0.4, 0.5) is 0 Å². The van der Waals surface area contributed by atoms with E-state index < -0.39 is 0 Å². The highest BCUT2D eigenvalue weighted by Gasteiger charge is 2.27. The molecule has 0 saturated carbocycles. The molecule has 0 N–H and O–H groups in total. The van der Waals surface area contributed by atoms with Gasteiger partial charge in [-0.1, -0.05) is 13.8 Å². The molecule has 4 nitrogen and oxygen atoms in total. The SMILES string of the molecule is COC(=O)C1CCc2cnc(C(C)C)n2C1. The first kappa shape index (κ1) is 11.2. The molecule has 16 heavy (non-hydrogen) atoms. The lowest BCUT2D eigenvalue weighted by atomic mass is 9.98. The Labute approximate surface area is 95.6 Å². The quantitative estimate of drug-likeness (QED) is 0.716. The van der Waals surface area contributed by atoms with Crippen LogP contribution in [0.3, 0.4) is 0 Å². The number of hydrogen-bond acceptors (Lipinski definition) is 3. The molecule has 0 amide bonds. The van der Waals surface area contributed by atoms with Gasteiger partial charge < -0.3 is 9.30 Å². The molecular formula is C12H18N2O2. The van der Waals surface area contributed by atoms with E-state index in [-0.39, 0.29) is 11.9 Å². The van der Waals surface area contributed by atoms with Crippen LogP contribution >= 0.6 is 0 Å². The summed E-state index contributed by atoms with van der Waals surface area (Å²) in [5.41, 5.74) is 1.24. The summed E-state index contributed by atoms with van der Waals surface area (Å²) >= 11 is 0. The Morgan fingerprint density at radius 3 is 3.00 bits per heavy atom. The van der Waals surface area contributed by atoms with Crippen LogP contribution in [-0.4, -0.2) is 22.6 Å². The molecule has 0 aliphatic carbocycles. The van der Waals surface area contributed by atoms with Crippen molar-refractivity contribution in [1.29, 1.82) is 0 Å². The van der Waals surface area contributed by atoms with Gasteiger partial charge in [-0.3, -0.25) is 4.79 Å². The van der Waals surface area contributed by atoms with Gasteiger partial charge in [0.15, 0.2) is 0 Å². The van der Waals surface area contributed by atoms with Crippen LogP contribution in [0.25, 0.3) is 0 Å². The molecule has 0 saturated heterocycles. The van der Waals surface area contributed by atoms with Gasteiger partial charge >= 0.3 is 5.97 Å². The summed E-state index contributed by atoms with van der Waals surface area (Å²) in [7, 11) is 1.45. The molecule has 1 aliphatic heterocycles. The van der Waals surface area contributed by atoms with E-state index in [2.05, 4.69) is 23.4 Å². The van der Waals surface area contributed by atoms with Crippen LogP contribution in [0.2, 0.25) is 0 Å². The number of ether oxygens (including phenoxy) is 1. The van der Waals surface area contributed by atoms with Crippen molar-refractivity contribution >= 4 is 5.97 Å². The second kappa shape index (κ2) is 4.28. The van der Waals surface area contributed by atoms with Gasteiger partial charge in [0, 0.05) is 24.4 Å². The average molecular weight is 222 g/mol. The first-order chi connectivity index (χ1) is 7.63. The van der Waals surface area contributed by atoms with E-state index in [1.54, 1.807) is 0 Å². The molecular weight excluding hydrogens is 204 g/mol. The summed E-state index contributed by atoms with van der Waals surface area (Å²) in [5, 5.41) is 0. The molecule has 0 spiro atoms. The van der Waals surface area contributed by atoms with E-state index in [1.165, 1.54) is 12.8 Å². The molecule has 2 rings (SSSR count). The number of carbonyl (C=O) groups is 1. The smallest absolute Gasteiger partial charge is 0.310 e. The zero-order valence-corrected chi connectivity index (χ0v) is 10.1. The molecule has 0 bridgehead atoms. The molecule has 1 atom stereocenters. The van der Waals surface area contributed by atoms with Crippen molar-refractivity contribution in [2.75, 3.05) is 7.11 Å². The Morgan fingerprint density at radius 2 is 2.38 bits per heavy atom. The van der Waals surface area contributed by atoms with Crippen molar-refractivity contribution in [3.63, 3.8) is 0 Å². The number of imidazole rings is 1. The summed E-state index contributed by atoms with van der Waals surface area (Å²) < 4.78 is 6.99. The fourth-order valence-electron chi connectivity index (χ4n) is 2.29. The number of esters is 1. The second-order valence-electron chi connectivity index (χ2n) is 4.63. The summed E-state index contributed by atoms with van der Waals surface area (Å²) in [6.07, 6.45) is 3.72. The first-order valence-electron chi connectivity index (χ1n) is 5.75. The Kier molecular flexibility index (Phi) is 2.99. The normalized spacial score (nSPS) is 19.6. The maximum atomic E-state index is 11.5. The Bertz CT molecular complexity index is 396. The van der Waals surface area contributed by atoms with Crippen LogP contribution in [0.5, 0.6) is 0 Å². The first-order valence-corrected chi connectivity index (χ1v) is 5.75. The van der Waals surface area contributed by atoms with Gasteiger partial charge in [-0.05, 0) is 12.8 Å². The molecule has 2 heterocycles. The Morgan fingerprint density at radius 1 is 1.62 bits per heavy atom. The monoisotopic (exact) mass is 222 g/mol. The van der Waals surface area contributed by atoms with Gasteiger partial charge in [0.05, 0.1) is 13.0 Å². The van der Waals surface area contributed by atoms with Gasteiger partial charge in [0.1, 0.15) is 5.82 Å². The molecule has 0 radical (unpaired) electrons. The van der Waals surface area contributed by atoms with E-state index in [9.17, 15) is 4.79 Å². The standard InChI is InChI=1S/C12H18N2O2/c1-8(2)11-13-6-10-5-4-9(7-14(10)11)12(15)16-3/h6,8-9H,4-5,7H2,1-3H3. The van der Waals surface area contributed by atoms with Crippen molar-refractivity contribution < 1.29 is 9.53 Å². The van der Waals surface area contributed by atoms with E-state index in [0.717, 1.165) is 25.2 Å². The number of rotatable bonds is 2. The highest BCUT2D eigenvalue weighted by atomic mass is 16.5. The number of aryl methyl sites for hydroxylation is 1. The van der Waals surface area contributed by atoms with Crippen LogP contribution in [0.15, 0.2) is 6.20 Å². The van der Waals surface area contributed by atoms with Crippen LogP contribution in [0.1, 0.15) is 37.7 Å². The highest BCUT2D eigenvalue weighted by molar-refractivity contribution is 5.72. The maximum Gasteiger partial charge on any atom is 0.310 e. The Balaban J connectivity index is 2.24. The number of carbonyl (C=O) groups excluding carboxylic acids is 1. The largest absolute Gasteiger partial charge is 0.469 e. The van der Waals surface area contributed by atoms with E-state index in [4.69, 9.17) is 4.74 Å². The summed E-state index contributed by atoms with van der Waals surface area (Å²) in [6, 6.07) is 0. The number of methoxy groups -OCH3 is 1. The molecule has 4 heteroatoms. The molecule has 88 valence electrons. The van der Waals surface area contributed by atoms with E-state index >= 15 is 0 Å². The third-order valence-electron chi connectivity index (χ3n) is 3.17. The predicted molar refractivity (Wildman–Crippen MR) is 60.1 cm³/mol. The van der Waals surface area contributed by atoms with Crippen molar-refractivity contribution in [3.05, 3.63) is 17.7 Å². The van der Waals surface area contributed by atoms with Gasteiger partial charge in [-0.2, -0.15) is 0 Å². The minimum absolute atomic E-state index is 0.0100. The van der Waals surface area contributed by atoms with Crippen LogP contribution in [0, 0.1) is 5.92 Å². The fraction of sp³-hybridized carbons (Fsp3) is 0.667. The number of aromatic nitrogens is 2. The van der Waals surface area contributed by atoms with Crippen molar-refractivity contribution in [1.82, 2.24) is 9.55 Å². The topological polar surface area (TPSA) is 44.1 Å². The van der Waals surface area contributed by atoms with Crippen molar-refractivity contribution in [2.24, 2.45) is 5.92 Å². The second-order valence-corrected chi connectivity index (χ2v) is 4.63. The molecule has 1 unspecified atom stereocenters. The predicted octanol–water partition coefficient (Wildman–Crippen LogP) is 1.74. The summed E-state index contributed by atoms with van der Waals surface area (Å²) in [5.74, 6) is 1.35. The van der Waals surface area contributed by atoms with Crippen molar-refractivity contribution in [2.45, 2.75) is 39.2 Å². The summed E-state index contributed by atoms with van der Waals surface area (Å²) in [4.78, 5) is 16.0. The van der Waals surface area contributed by atoms with Gasteiger partial charge in [0.2, 0.25) is 0 Å². The number of hydrogen-bond donors (Lipinski definition) is 0. The van der Waals surface area contributed by atoms with Gasteiger partial charge in [-0.25, -0.2) is 4.98 Å². The van der Waals surface area contributed by atoms with Crippen LogP contribution < -0.4 is 0 Å². The van der Waals surface area contributed by atoms with E-state index in [1.807, 2.05) is 6.20 Å². The maximum absolute atomic E-state index is 11.5. The highest BCUT2D eigenvalue weighted by Crippen LogP contribution is 2.25. The molecule has 0 aromatic carbocycles. The average Bonchev–Trinajstić information content (AvgIpc) is 2.70. The lowest BCUT2D eigenvalue weighted by Gasteiger charge is -2.24. The lowest BCUT2D eigenvalue weighted by molar-refractivity contribution is -0.146. The molecule has 1 aliphatic rings. The third-order valence-corrected chi connectivity index (χ3v) is 3.17.